The Kier molecular flexibility index (Phi) is 20.4. The van der Waals surface area contributed by atoms with Crippen LogP contribution in [0.15, 0.2) is 38.7 Å². The first kappa shape index (κ1) is 61.7. The molecule has 0 bridgehead atoms. The van der Waals surface area contributed by atoms with Gasteiger partial charge < -0.3 is 44.4 Å². The molecule has 1 aromatic rings. The molecule has 422 valence electrons. The van der Waals surface area contributed by atoms with E-state index in [0.717, 1.165) is 13.7 Å². The van der Waals surface area contributed by atoms with Gasteiger partial charge in [-0.25, -0.2) is 52.1 Å². The molecular weight excluding hydrogens is 973 g/mol. The van der Waals surface area contributed by atoms with Gasteiger partial charge in [0.15, 0.2) is 0 Å². The van der Waals surface area contributed by atoms with E-state index in [0.29, 0.717) is 57.8 Å². The van der Waals surface area contributed by atoms with Gasteiger partial charge >= 0.3 is 53.3 Å². The van der Waals surface area contributed by atoms with Gasteiger partial charge in [-0.2, -0.15) is 0 Å². The highest BCUT2D eigenvalue weighted by molar-refractivity contribution is 5.87. The molecule has 21 heteroatoms. The van der Waals surface area contributed by atoms with Gasteiger partial charge in [-0.05, 0) is 104 Å². The Hall–Kier alpha value is -5.89. The summed E-state index contributed by atoms with van der Waals surface area (Å²) in [5.41, 5.74) is -5.39. The van der Waals surface area contributed by atoms with E-state index in [1.807, 2.05) is 62.3 Å². The molecule has 0 aliphatic heterocycles. The lowest BCUT2D eigenvalue weighted by atomic mass is 9.62. The highest BCUT2D eigenvalue weighted by Crippen LogP contribution is 2.49. The number of amides is 3. The van der Waals surface area contributed by atoms with Gasteiger partial charge in [0.1, 0.15) is 39.6 Å². The fourth-order valence-corrected chi connectivity index (χ4v) is 12.7. The van der Waals surface area contributed by atoms with Crippen LogP contribution in [0.25, 0.3) is 0 Å². The Morgan fingerprint density at radius 1 is 0.467 bits per heavy atom. The number of carbonyl (C=O) groups excluding carboxylic acids is 6. The summed E-state index contributed by atoms with van der Waals surface area (Å²) in [6.45, 7) is 30.4. The van der Waals surface area contributed by atoms with Crippen molar-refractivity contribution < 1.29 is 57.2 Å². The molecular formula is C54H86N6O15. The lowest BCUT2D eigenvalue weighted by Crippen LogP contribution is -2.60. The third-order valence-corrected chi connectivity index (χ3v) is 14.1. The molecule has 0 saturated heterocycles. The van der Waals surface area contributed by atoms with Crippen LogP contribution in [-0.2, 0) is 62.4 Å². The average Bonchev–Trinajstić information content (AvgIpc) is 3.24. The highest BCUT2D eigenvalue weighted by atomic mass is 16.6. The van der Waals surface area contributed by atoms with E-state index in [4.69, 9.17) is 28.4 Å². The summed E-state index contributed by atoms with van der Waals surface area (Å²) in [4.78, 5) is 120. The van der Waals surface area contributed by atoms with Crippen LogP contribution >= 0.6 is 0 Å². The van der Waals surface area contributed by atoms with Crippen molar-refractivity contribution in [2.24, 2.45) is 38.4 Å². The molecule has 3 aliphatic carbocycles. The molecule has 3 amide bonds. The molecule has 75 heavy (non-hydrogen) atoms. The second-order valence-electron chi connectivity index (χ2n) is 25.4. The number of nitrogens with zero attached hydrogens (tertiary/aromatic N) is 3. The van der Waals surface area contributed by atoms with Crippen LogP contribution in [0.5, 0.6) is 0 Å². The number of rotatable bonds is 21. The maximum absolute atomic E-state index is 15.1. The van der Waals surface area contributed by atoms with Crippen LogP contribution in [0.2, 0.25) is 0 Å². The summed E-state index contributed by atoms with van der Waals surface area (Å²) in [7, 11) is 0. The first-order valence-electron chi connectivity index (χ1n) is 26.1. The molecule has 3 aliphatic rings. The van der Waals surface area contributed by atoms with Crippen LogP contribution < -0.4 is 33.0 Å². The fourth-order valence-electron chi connectivity index (χ4n) is 12.7. The Labute approximate surface area is 441 Å². The average molecular weight is 1060 g/mol. The van der Waals surface area contributed by atoms with Crippen molar-refractivity contribution in [3.05, 3.63) is 55.8 Å². The minimum absolute atomic E-state index is 0.0907. The van der Waals surface area contributed by atoms with E-state index in [1.165, 1.54) is 13.8 Å². The van der Waals surface area contributed by atoms with Crippen molar-refractivity contribution in [2.75, 3.05) is 39.6 Å². The van der Waals surface area contributed by atoms with E-state index in [1.54, 1.807) is 13.8 Å². The smallest absolute Gasteiger partial charge is 0.407 e. The van der Waals surface area contributed by atoms with Crippen molar-refractivity contribution >= 4 is 36.2 Å². The summed E-state index contributed by atoms with van der Waals surface area (Å²) in [5, 5.41) is 8.82. The molecule has 3 saturated carbocycles. The second kappa shape index (κ2) is 24.8. The lowest BCUT2D eigenvalue weighted by molar-refractivity contribution is -0.148. The molecule has 6 unspecified atom stereocenters. The number of nitrogens with one attached hydrogen (secondary N) is 3. The SMILES string of the molecule is C=C(C)C(=O)OCCOC(=O)NC1CC(C)(C)CC(C)(Cn2c(=O)n(CC3(C)CC(NC(=O)OCCOC(=O)C(=C)C)CC(C)(C)C3)c(=O)n(CC3(C)CC(NC(=O)OCCOC(=O)C(C)C)CC(C)(C)C3)c2=O)C1. The monoisotopic (exact) mass is 1060 g/mol. The van der Waals surface area contributed by atoms with E-state index in [-0.39, 0.29) is 92.6 Å². The van der Waals surface area contributed by atoms with Crippen LogP contribution in [0.4, 0.5) is 14.4 Å². The zero-order valence-electron chi connectivity index (χ0n) is 46.9. The van der Waals surface area contributed by atoms with Crippen molar-refractivity contribution in [1.82, 2.24) is 29.7 Å². The van der Waals surface area contributed by atoms with Crippen molar-refractivity contribution in [1.29, 1.82) is 0 Å². The maximum Gasteiger partial charge on any atom is 0.407 e. The predicted molar refractivity (Wildman–Crippen MR) is 279 cm³/mol. The standard InChI is InChI=1S/C54H86N6O15/c1-34(2)40(61)70-16-19-73-43(64)55-37-22-49(7,8)28-52(13,25-37)31-58-46(67)59(32-53(14)26-38(23-50(9,10)29-53)56-44(65)74-20-17-71-41(62)35(3)4)48(69)60(47(58)68)33-54(15)27-39(24-51(11,12)30-54)57-45(66)75-21-18-72-42(63)36(5)6/h36-39H,1,3,16-33H2,2,4-15H3,(H,55,64)(H,56,65)(H,57,66). The van der Waals surface area contributed by atoms with Crippen LogP contribution in [0.1, 0.15) is 148 Å². The third kappa shape index (κ3) is 18.7. The van der Waals surface area contributed by atoms with Gasteiger partial charge in [0.25, 0.3) is 0 Å². The quantitative estimate of drug-likeness (QED) is 0.0511. The van der Waals surface area contributed by atoms with Crippen molar-refractivity contribution in [3.63, 3.8) is 0 Å². The van der Waals surface area contributed by atoms with Crippen LogP contribution in [0.3, 0.4) is 0 Å². The largest absolute Gasteiger partial charge is 0.462 e. The minimum Gasteiger partial charge on any atom is -0.462 e. The van der Waals surface area contributed by atoms with Gasteiger partial charge in [0.2, 0.25) is 0 Å². The highest BCUT2D eigenvalue weighted by Gasteiger charge is 2.47. The molecule has 4 rings (SSSR count). The number of esters is 3. The number of ether oxygens (including phenoxy) is 6. The Morgan fingerprint density at radius 2 is 0.720 bits per heavy atom. The summed E-state index contributed by atoms with van der Waals surface area (Å²) < 4.78 is 34.7. The zero-order valence-corrected chi connectivity index (χ0v) is 46.9. The molecule has 0 radical (unpaired) electrons. The molecule has 6 atom stereocenters. The second-order valence-corrected chi connectivity index (χ2v) is 25.4. The van der Waals surface area contributed by atoms with E-state index in [2.05, 4.69) is 29.1 Å². The Morgan fingerprint density at radius 3 is 0.973 bits per heavy atom. The summed E-state index contributed by atoms with van der Waals surface area (Å²) >= 11 is 0. The number of hydrogen-bond donors (Lipinski definition) is 3. The third-order valence-electron chi connectivity index (χ3n) is 14.1. The van der Waals surface area contributed by atoms with E-state index >= 15 is 14.4 Å². The fraction of sp³-hybridized carbons (Fsp3) is 0.759. The summed E-state index contributed by atoms with van der Waals surface area (Å²) in [6.07, 6.45) is 2.27. The molecule has 21 nitrogen and oxygen atoms in total. The number of carbonyl (C=O) groups is 6. The van der Waals surface area contributed by atoms with Gasteiger partial charge in [-0.3, -0.25) is 4.79 Å². The Balaban J connectivity index is 1.70. The first-order chi connectivity index (χ1) is 34.5. The van der Waals surface area contributed by atoms with Gasteiger partial charge in [-0.1, -0.05) is 89.3 Å². The van der Waals surface area contributed by atoms with Crippen LogP contribution in [0, 0.1) is 38.4 Å². The molecule has 0 aromatic carbocycles. The summed E-state index contributed by atoms with van der Waals surface area (Å²) in [5.74, 6) is -1.95. The maximum atomic E-state index is 15.1. The topological polar surface area (TPSA) is 260 Å². The molecule has 1 aromatic heterocycles. The first-order valence-corrected chi connectivity index (χ1v) is 26.1. The molecule has 3 N–H and O–H groups in total. The van der Waals surface area contributed by atoms with Crippen molar-refractivity contribution in [3.8, 4) is 0 Å². The number of hydrogen-bond acceptors (Lipinski definition) is 15. The number of aromatic nitrogens is 3. The van der Waals surface area contributed by atoms with Crippen molar-refractivity contribution in [2.45, 2.75) is 186 Å². The van der Waals surface area contributed by atoms with Gasteiger partial charge in [0.05, 0.1) is 5.92 Å². The van der Waals surface area contributed by atoms with E-state index in [9.17, 15) is 28.8 Å². The normalized spacial score (nSPS) is 25.7. The van der Waals surface area contributed by atoms with E-state index < -0.39 is 87.6 Å². The van der Waals surface area contributed by atoms with Crippen LogP contribution in [-0.4, -0.2) is 108 Å². The predicted octanol–water partition coefficient (Wildman–Crippen LogP) is 6.54. The number of alkyl carbamates (subject to hydrolysis) is 3. The summed E-state index contributed by atoms with van der Waals surface area (Å²) in [6, 6.07) is -1.30. The molecule has 3 fully saturated rings. The Bertz CT molecular complexity index is 2360. The zero-order chi connectivity index (χ0) is 56.5. The van der Waals surface area contributed by atoms with Gasteiger partial charge in [-0.15, -0.1) is 0 Å². The lowest BCUT2D eigenvalue weighted by Gasteiger charge is -2.48. The van der Waals surface area contributed by atoms with Gasteiger partial charge in [0, 0.05) is 48.9 Å². The molecule has 1 heterocycles. The minimum atomic E-state index is -0.785. The molecule has 0 spiro atoms.